The predicted molar refractivity (Wildman–Crippen MR) is 83.3 cm³/mol. The van der Waals surface area contributed by atoms with Crippen molar-refractivity contribution in [3.05, 3.63) is 36.0 Å². The van der Waals surface area contributed by atoms with Gasteiger partial charge in [-0.1, -0.05) is 18.2 Å². The molecule has 0 unspecified atom stereocenters. The Kier molecular flexibility index (Phi) is 3.88. The van der Waals surface area contributed by atoms with Gasteiger partial charge in [-0.25, -0.2) is 0 Å². The maximum Gasteiger partial charge on any atom is 0.0726 e. The van der Waals surface area contributed by atoms with Crippen LogP contribution in [0.15, 0.2) is 30.3 Å². The smallest absolute Gasteiger partial charge is 0.0726 e. The first kappa shape index (κ1) is 13.4. The molecule has 0 N–H and O–H groups in total. The highest BCUT2D eigenvalue weighted by molar-refractivity contribution is 5.92. The average Bonchev–Trinajstić information content (AvgIpc) is 2.47. The molecule has 1 aliphatic heterocycles. The Balaban J connectivity index is 1.87. The Bertz CT molecular complexity index is 589. The molecule has 0 saturated carbocycles. The number of para-hydroxylation sites is 1. The number of nitrogens with zero attached hydrogens (tertiary/aromatic N) is 2. The number of aryl methyl sites for hydroxylation is 1. The van der Waals surface area contributed by atoms with Crippen LogP contribution in [0, 0.1) is 6.92 Å². The highest BCUT2D eigenvalue weighted by atomic mass is 16.5. The third-order valence-electron chi connectivity index (χ3n) is 4.01. The zero-order valence-corrected chi connectivity index (χ0v) is 12.3. The zero-order valence-electron chi connectivity index (χ0n) is 12.3. The number of aromatic nitrogens is 1. The van der Waals surface area contributed by atoms with Crippen LogP contribution in [-0.4, -0.2) is 30.8 Å². The van der Waals surface area contributed by atoms with E-state index < -0.39 is 0 Å². The van der Waals surface area contributed by atoms with Gasteiger partial charge in [-0.05, 0) is 38.8 Å². The van der Waals surface area contributed by atoms with Gasteiger partial charge in [0.25, 0.3) is 0 Å². The lowest BCUT2D eigenvalue weighted by molar-refractivity contribution is 0.0459. The van der Waals surface area contributed by atoms with E-state index in [2.05, 4.69) is 54.1 Å². The van der Waals surface area contributed by atoms with Crippen LogP contribution in [0.2, 0.25) is 0 Å². The average molecular weight is 270 g/mol. The summed E-state index contributed by atoms with van der Waals surface area (Å²) in [5.41, 5.74) is 3.50. The topological polar surface area (TPSA) is 25.4 Å². The lowest BCUT2D eigenvalue weighted by Crippen LogP contribution is -2.37. The number of anilines is 1. The second-order valence-electron chi connectivity index (χ2n) is 5.44. The Hall–Kier alpha value is -1.61. The molecule has 3 heteroatoms. The summed E-state index contributed by atoms with van der Waals surface area (Å²) in [5, 5.41) is 1.26. The van der Waals surface area contributed by atoms with Gasteiger partial charge in [-0.2, -0.15) is 0 Å². The summed E-state index contributed by atoms with van der Waals surface area (Å²) in [7, 11) is 0. The van der Waals surface area contributed by atoms with Gasteiger partial charge in [-0.15, -0.1) is 0 Å². The van der Waals surface area contributed by atoms with E-state index >= 15 is 0 Å². The molecule has 3 rings (SSSR count). The van der Waals surface area contributed by atoms with Crippen molar-refractivity contribution >= 4 is 16.6 Å². The van der Waals surface area contributed by atoms with Crippen LogP contribution in [0.4, 0.5) is 5.69 Å². The molecule has 1 aliphatic rings. The van der Waals surface area contributed by atoms with Crippen molar-refractivity contribution in [2.75, 3.05) is 24.6 Å². The molecule has 0 atom stereocenters. The minimum Gasteiger partial charge on any atom is -0.378 e. The predicted octanol–water partition coefficient (Wildman–Crippen LogP) is 3.55. The van der Waals surface area contributed by atoms with E-state index in [4.69, 9.17) is 4.74 Å². The van der Waals surface area contributed by atoms with Crippen molar-refractivity contribution in [3.8, 4) is 0 Å². The Morgan fingerprint density at radius 2 is 2.00 bits per heavy atom. The highest BCUT2D eigenvalue weighted by Gasteiger charge is 2.21. The van der Waals surface area contributed by atoms with E-state index in [-0.39, 0.29) is 0 Å². The number of benzene rings is 1. The summed E-state index contributed by atoms with van der Waals surface area (Å²) in [6.45, 7) is 7.10. The second-order valence-corrected chi connectivity index (χ2v) is 5.44. The van der Waals surface area contributed by atoms with Gasteiger partial charge in [0.1, 0.15) is 0 Å². The van der Waals surface area contributed by atoms with E-state index in [0.29, 0.717) is 6.10 Å². The maximum absolute atomic E-state index is 5.74. The monoisotopic (exact) mass is 270 g/mol. The normalized spacial score (nSPS) is 16.8. The molecular formula is C17H22N2O. The van der Waals surface area contributed by atoms with Crippen molar-refractivity contribution in [1.29, 1.82) is 0 Å². The van der Waals surface area contributed by atoms with E-state index in [1.165, 1.54) is 11.1 Å². The van der Waals surface area contributed by atoms with Gasteiger partial charge in [0.15, 0.2) is 0 Å². The second kappa shape index (κ2) is 5.80. The highest BCUT2D eigenvalue weighted by Crippen LogP contribution is 2.29. The summed E-state index contributed by atoms with van der Waals surface area (Å²) in [4.78, 5) is 7.10. The molecule has 2 heterocycles. The molecule has 1 saturated heterocycles. The number of piperidine rings is 1. The number of hydrogen-bond donors (Lipinski definition) is 0. The molecule has 0 bridgehead atoms. The minimum atomic E-state index is 0.436. The van der Waals surface area contributed by atoms with Crippen LogP contribution in [-0.2, 0) is 4.74 Å². The van der Waals surface area contributed by atoms with E-state index in [1.54, 1.807) is 0 Å². The fraction of sp³-hybridized carbons (Fsp3) is 0.471. The molecule has 0 amide bonds. The third kappa shape index (κ3) is 2.63. The molecule has 20 heavy (non-hydrogen) atoms. The third-order valence-corrected chi connectivity index (χ3v) is 4.01. The zero-order chi connectivity index (χ0) is 13.9. The number of hydrogen-bond acceptors (Lipinski definition) is 3. The van der Waals surface area contributed by atoms with Gasteiger partial charge in [0, 0.05) is 36.5 Å². The molecule has 106 valence electrons. The molecule has 0 spiro atoms. The summed E-state index contributed by atoms with van der Waals surface area (Å²) in [5.74, 6) is 0. The van der Waals surface area contributed by atoms with E-state index in [1.807, 2.05) is 0 Å². The van der Waals surface area contributed by atoms with Crippen LogP contribution in [0.5, 0.6) is 0 Å². The Morgan fingerprint density at radius 3 is 2.75 bits per heavy atom. The lowest BCUT2D eigenvalue weighted by atomic mass is 10.0. The van der Waals surface area contributed by atoms with Crippen LogP contribution >= 0.6 is 0 Å². The van der Waals surface area contributed by atoms with Crippen molar-refractivity contribution in [2.24, 2.45) is 0 Å². The number of fused-ring (bicyclic) bond motifs is 1. The number of rotatable bonds is 3. The van der Waals surface area contributed by atoms with Crippen molar-refractivity contribution < 1.29 is 4.74 Å². The van der Waals surface area contributed by atoms with Gasteiger partial charge in [0.05, 0.1) is 11.6 Å². The minimum absolute atomic E-state index is 0.436. The standard InChI is InChI=1S/C17H22N2O/c1-3-20-14-8-10-19(11-9-14)17-12-13(2)18-16-7-5-4-6-15(16)17/h4-7,12,14H,3,8-11H2,1-2H3. The quantitative estimate of drug-likeness (QED) is 0.853. The molecule has 1 aromatic heterocycles. The van der Waals surface area contributed by atoms with E-state index in [0.717, 1.165) is 43.7 Å². The van der Waals surface area contributed by atoms with E-state index in [9.17, 15) is 0 Å². The molecule has 1 aromatic carbocycles. The first-order valence-corrected chi connectivity index (χ1v) is 7.51. The molecule has 1 fully saturated rings. The lowest BCUT2D eigenvalue weighted by Gasteiger charge is -2.34. The first-order chi connectivity index (χ1) is 9.78. The van der Waals surface area contributed by atoms with Crippen molar-refractivity contribution in [3.63, 3.8) is 0 Å². The molecular weight excluding hydrogens is 248 g/mol. The summed E-state index contributed by atoms with van der Waals surface area (Å²) >= 11 is 0. The SMILES string of the molecule is CCOC1CCN(c2cc(C)nc3ccccc23)CC1. The largest absolute Gasteiger partial charge is 0.378 e. The Morgan fingerprint density at radius 1 is 1.25 bits per heavy atom. The molecule has 3 nitrogen and oxygen atoms in total. The van der Waals surface area contributed by atoms with Crippen molar-refractivity contribution in [2.45, 2.75) is 32.8 Å². The molecule has 0 radical (unpaired) electrons. The first-order valence-electron chi connectivity index (χ1n) is 7.51. The molecule has 2 aromatic rings. The van der Waals surface area contributed by atoms with Gasteiger partial charge >= 0.3 is 0 Å². The fourth-order valence-corrected chi connectivity index (χ4v) is 3.05. The fourth-order valence-electron chi connectivity index (χ4n) is 3.05. The van der Waals surface area contributed by atoms with Gasteiger partial charge in [-0.3, -0.25) is 4.98 Å². The summed E-state index contributed by atoms with van der Waals surface area (Å²) in [6.07, 6.45) is 2.66. The van der Waals surface area contributed by atoms with Crippen LogP contribution in [0.3, 0.4) is 0 Å². The summed E-state index contributed by atoms with van der Waals surface area (Å²) < 4.78 is 5.74. The number of pyridine rings is 1. The van der Waals surface area contributed by atoms with Crippen LogP contribution < -0.4 is 4.90 Å². The molecule has 0 aliphatic carbocycles. The van der Waals surface area contributed by atoms with Gasteiger partial charge < -0.3 is 9.64 Å². The van der Waals surface area contributed by atoms with Crippen LogP contribution in [0.25, 0.3) is 10.9 Å². The Labute approximate surface area is 120 Å². The van der Waals surface area contributed by atoms with Crippen LogP contribution in [0.1, 0.15) is 25.5 Å². The maximum atomic E-state index is 5.74. The van der Waals surface area contributed by atoms with Gasteiger partial charge in [0.2, 0.25) is 0 Å². The summed E-state index contributed by atoms with van der Waals surface area (Å²) in [6, 6.07) is 10.6. The van der Waals surface area contributed by atoms with Crippen molar-refractivity contribution in [1.82, 2.24) is 4.98 Å². The number of ether oxygens (including phenoxy) is 1.